The molecule has 4 heteroatoms. The molecule has 0 amide bonds. The first-order valence-electron chi connectivity index (χ1n) is 5.84. The van der Waals surface area contributed by atoms with Crippen LogP contribution in [0.1, 0.15) is 11.3 Å². The second-order valence-electron chi connectivity index (χ2n) is 4.05. The van der Waals surface area contributed by atoms with Crippen molar-refractivity contribution >= 4 is 12.2 Å². The van der Waals surface area contributed by atoms with Gasteiger partial charge >= 0.3 is 0 Å². The monoisotopic (exact) mass is 243 g/mol. The molecule has 3 rings (SSSR count). The summed E-state index contributed by atoms with van der Waals surface area (Å²) in [7, 11) is 0. The van der Waals surface area contributed by atoms with Gasteiger partial charge in [-0.05, 0) is 18.2 Å². The van der Waals surface area contributed by atoms with Gasteiger partial charge in [0.25, 0.3) is 0 Å². The molecule has 0 radical (unpaired) electrons. The summed E-state index contributed by atoms with van der Waals surface area (Å²) in [6, 6.07) is 9.67. The first-order valence-corrected chi connectivity index (χ1v) is 5.84. The van der Waals surface area contributed by atoms with Crippen molar-refractivity contribution in [1.82, 2.24) is 5.16 Å². The average Bonchev–Trinajstić information content (AvgIpc) is 3.09. The molecule has 4 nitrogen and oxygen atoms in total. The summed E-state index contributed by atoms with van der Waals surface area (Å²) in [4.78, 5) is 0. The fourth-order valence-corrected chi connectivity index (χ4v) is 1.58. The Morgan fingerprint density at radius 3 is 2.94 bits per heavy atom. The second kappa shape index (κ2) is 5.06. The standard InChI is InChI=1S/C14H13NO3/c1-2-4-14(17-10-13-9-16-13)11(3-1)5-6-12-7-8-15-18-12/h1-8,13H,9-10H2. The smallest absolute Gasteiger partial charge is 0.159 e. The van der Waals surface area contributed by atoms with E-state index in [0.29, 0.717) is 6.61 Å². The number of epoxide rings is 1. The Kier molecular flexibility index (Phi) is 3.10. The molecular weight excluding hydrogens is 230 g/mol. The maximum atomic E-state index is 5.71. The third-order valence-electron chi connectivity index (χ3n) is 2.63. The largest absolute Gasteiger partial charge is 0.490 e. The van der Waals surface area contributed by atoms with Gasteiger partial charge in [0, 0.05) is 11.6 Å². The van der Waals surface area contributed by atoms with E-state index >= 15 is 0 Å². The molecule has 0 spiro atoms. The summed E-state index contributed by atoms with van der Waals surface area (Å²) < 4.78 is 15.8. The zero-order valence-electron chi connectivity index (χ0n) is 9.78. The van der Waals surface area contributed by atoms with E-state index in [2.05, 4.69) is 5.16 Å². The molecule has 1 aliphatic rings. The summed E-state index contributed by atoms with van der Waals surface area (Å²) in [5, 5.41) is 3.65. The van der Waals surface area contributed by atoms with Crippen LogP contribution in [0.25, 0.3) is 12.2 Å². The van der Waals surface area contributed by atoms with Crippen molar-refractivity contribution in [1.29, 1.82) is 0 Å². The van der Waals surface area contributed by atoms with Gasteiger partial charge in [0.15, 0.2) is 5.76 Å². The number of para-hydroxylation sites is 1. The molecule has 0 saturated carbocycles. The number of hydrogen-bond acceptors (Lipinski definition) is 4. The lowest BCUT2D eigenvalue weighted by atomic mass is 10.2. The Balaban J connectivity index is 1.73. The van der Waals surface area contributed by atoms with Gasteiger partial charge in [0.05, 0.1) is 12.8 Å². The Hall–Kier alpha value is -2.07. The number of hydrogen-bond donors (Lipinski definition) is 0. The lowest BCUT2D eigenvalue weighted by Gasteiger charge is -2.07. The molecule has 1 atom stereocenters. The van der Waals surface area contributed by atoms with Crippen molar-refractivity contribution in [2.75, 3.05) is 13.2 Å². The molecule has 18 heavy (non-hydrogen) atoms. The minimum atomic E-state index is 0.260. The van der Waals surface area contributed by atoms with Gasteiger partial charge in [-0.1, -0.05) is 23.4 Å². The molecule has 1 aromatic heterocycles. The average molecular weight is 243 g/mol. The van der Waals surface area contributed by atoms with Gasteiger partial charge in [-0.15, -0.1) is 0 Å². The third kappa shape index (κ3) is 2.78. The van der Waals surface area contributed by atoms with E-state index < -0.39 is 0 Å². The summed E-state index contributed by atoms with van der Waals surface area (Å²) in [6.07, 6.45) is 5.69. The van der Waals surface area contributed by atoms with Crippen LogP contribution in [0.4, 0.5) is 0 Å². The molecule has 1 aromatic carbocycles. The fraction of sp³-hybridized carbons (Fsp3) is 0.214. The van der Waals surface area contributed by atoms with Gasteiger partial charge in [0.2, 0.25) is 0 Å². The quantitative estimate of drug-likeness (QED) is 0.757. The topological polar surface area (TPSA) is 47.8 Å². The van der Waals surface area contributed by atoms with Crippen LogP contribution in [0.15, 0.2) is 41.1 Å². The molecule has 1 unspecified atom stereocenters. The van der Waals surface area contributed by atoms with Crippen LogP contribution in [-0.4, -0.2) is 24.5 Å². The number of ether oxygens (including phenoxy) is 2. The van der Waals surface area contributed by atoms with Gasteiger partial charge in [-0.2, -0.15) is 0 Å². The molecule has 1 fully saturated rings. The zero-order valence-corrected chi connectivity index (χ0v) is 9.78. The summed E-state index contributed by atoms with van der Waals surface area (Å²) in [5.74, 6) is 1.57. The molecule has 2 heterocycles. The van der Waals surface area contributed by atoms with Crippen molar-refractivity contribution in [2.45, 2.75) is 6.10 Å². The van der Waals surface area contributed by atoms with E-state index in [1.54, 1.807) is 12.3 Å². The molecule has 1 saturated heterocycles. The first kappa shape index (κ1) is 11.0. The van der Waals surface area contributed by atoms with E-state index in [4.69, 9.17) is 14.0 Å². The Labute approximate surface area is 105 Å². The van der Waals surface area contributed by atoms with E-state index in [0.717, 1.165) is 23.7 Å². The van der Waals surface area contributed by atoms with Crippen molar-refractivity contribution in [3.05, 3.63) is 47.9 Å². The van der Waals surface area contributed by atoms with E-state index in [1.165, 1.54) is 0 Å². The molecule has 1 aliphatic heterocycles. The molecule has 0 aliphatic carbocycles. The fourth-order valence-electron chi connectivity index (χ4n) is 1.58. The van der Waals surface area contributed by atoms with Crippen LogP contribution in [0, 0.1) is 0 Å². The predicted molar refractivity (Wildman–Crippen MR) is 67.1 cm³/mol. The highest BCUT2D eigenvalue weighted by molar-refractivity contribution is 5.70. The Bertz CT molecular complexity index is 530. The highest BCUT2D eigenvalue weighted by atomic mass is 16.6. The summed E-state index contributed by atoms with van der Waals surface area (Å²) >= 11 is 0. The van der Waals surface area contributed by atoms with E-state index in [-0.39, 0.29) is 6.10 Å². The van der Waals surface area contributed by atoms with Crippen molar-refractivity contribution in [3.8, 4) is 5.75 Å². The highest BCUT2D eigenvalue weighted by Gasteiger charge is 2.23. The minimum absolute atomic E-state index is 0.260. The van der Waals surface area contributed by atoms with Crippen LogP contribution in [0.2, 0.25) is 0 Å². The van der Waals surface area contributed by atoms with Crippen LogP contribution < -0.4 is 4.74 Å². The third-order valence-corrected chi connectivity index (χ3v) is 2.63. The minimum Gasteiger partial charge on any atom is -0.490 e. The Morgan fingerprint density at radius 2 is 2.17 bits per heavy atom. The van der Waals surface area contributed by atoms with Gasteiger partial charge < -0.3 is 14.0 Å². The van der Waals surface area contributed by atoms with Gasteiger partial charge in [-0.3, -0.25) is 0 Å². The summed E-state index contributed by atoms with van der Waals surface area (Å²) in [5.41, 5.74) is 1.01. The van der Waals surface area contributed by atoms with Gasteiger partial charge in [-0.25, -0.2) is 0 Å². The lowest BCUT2D eigenvalue weighted by Crippen LogP contribution is -2.04. The van der Waals surface area contributed by atoms with Crippen molar-refractivity contribution in [3.63, 3.8) is 0 Å². The normalized spacial score (nSPS) is 18.1. The second-order valence-corrected chi connectivity index (χ2v) is 4.05. The van der Waals surface area contributed by atoms with Crippen molar-refractivity contribution in [2.24, 2.45) is 0 Å². The molecule has 92 valence electrons. The highest BCUT2D eigenvalue weighted by Crippen LogP contribution is 2.22. The Morgan fingerprint density at radius 1 is 1.28 bits per heavy atom. The molecular formula is C14H13NO3. The number of rotatable bonds is 5. The summed E-state index contributed by atoms with van der Waals surface area (Å²) in [6.45, 7) is 1.41. The maximum absolute atomic E-state index is 5.71. The van der Waals surface area contributed by atoms with Crippen LogP contribution in [-0.2, 0) is 4.74 Å². The van der Waals surface area contributed by atoms with Crippen LogP contribution >= 0.6 is 0 Å². The lowest BCUT2D eigenvalue weighted by molar-refractivity contribution is 0.262. The zero-order chi connectivity index (χ0) is 12.2. The number of nitrogens with zero attached hydrogens (tertiary/aromatic N) is 1. The van der Waals surface area contributed by atoms with Gasteiger partial charge in [0.1, 0.15) is 18.5 Å². The van der Waals surface area contributed by atoms with E-state index in [9.17, 15) is 0 Å². The molecule has 0 bridgehead atoms. The maximum Gasteiger partial charge on any atom is 0.159 e. The number of aromatic nitrogens is 1. The first-order chi connectivity index (χ1) is 8.92. The molecule has 0 N–H and O–H groups in total. The molecule has 2 aromatic rings. The number of benzene rings is 1. The SMILES string of the molecule is C(=Cc1ccccc1OCC1CO1)c1ccno1. The predicted octanol–water partition coefficient (Wildman–Crippen LogP) is 2.62. The van der Waals surface area contributed by atoms with E-state index in [1.807, 2.05) is 36.4 Å². The van der Waals surface area contributed by atoms with Crippen molar-refractivity contribution < 1.29 is 14.0 Å². The van der Waals surface area contributed by atoms with Crippen LogP contribution in [0.3, 0.4) is 0 Å². The van der Waals surface area contributed by atoms with Crippen LogP contribution in [0.5, 0.6) is 5.75 Å².